The Morgan fingerprint density at radius 3 is 1.43 bits per heavy atom. The molecule has 0 atom stereocenters. The van der Waals surface area contributed by atoms with Crippen LogP contribution in [0.2, 0.25) is 0 Å². The van der Waals surface area contributed by atoms with Gasteiger partial charge in [0.25, 0.3) is 6.71 Å². The number of hydrogen-bond acceptors (Lipinski definition) is 2. The van der Waals surface area contributed by atoms with Crippen LogP contribution in [0, 0.1) is 0 Å². The Morgan fingerprint density at radius 2 is 0.850 bits per heavy atom. The molecule has 0 spiro atoms. The third kappa shape index (κ3) is 3.36. The quantitative estimate of drug-likeness (QED) is 0.256. The molecule has 2 aliphatic rings. The molecule has 0 fully saturated rings. The van der Waals surface area contributed by atoms with Crippen molar-refractivity contribution < 1.29 is 9.47 Å². The molecule has 2 heterocycles. The van der Waals surface area contributed by atoms with E-state index in [1.54, 1.807) is 0 Å². The Bertz CT molecular complexity index is 1740. The number of hydrogen-bond donors (Lipinski definition) is 0. The van der Waals surface area contributed by atoms with Crippen LogP contribution in [0.5, 0.6) is 23.0 Å². The smallest absolute Gasteiger partial charge is 0.260 e. The zero-order valence-corrected chi connectivity index (χ0v) is 22.8. The van der Waals surface area contributed by atoms with Gasteiger partial charge in [-0.2, -0.15) is 0 Å². The van der Waals surface area contributed by atoms with Crippen molar-refractivity contribution in [1.82, 2.24) is 0 Å². The molecule has 0 saturated heterocycles. The van der Waals surface area contributed by atoms with E-state index in [4.69, 9.17) is 9.47 Å². The number of fused-ring (bicyclic) bond motifs is 4. The van der Waals surface area contributed by atoms with Crippen molar-refractivity contribution >= 4 is 51.9 Å². The summed E-state index contributed by atoms with van der Waals surface area (Å²) in [7, 11) is -2.67. The van der Waals surface area contributed by atoms with Crippen molar-refractivity contribution in [3.05, 3.63) is 152 Å². The molecule has 0 N–H and O–H groups in total. The van der Waals surface area contributed by atoms with Gasteiger partial charge in [0.2, 0.25) is 0 Å². The third-order valence-corrected chi connectivity index (χ3v) is 13.1. The Kier molecular flexibility index (Phi) is 5.29. The zero-order valence-electron chi connectivity index (χ0n) is 21.8. The lowest BCUT2D eigenvalue weighted by molar-refractivity contribution is 0.464. The normalized spacial score (nSPS) is 12.8. The number of rotatable bonds is 4. The first-order valence-electron chi connectivity index (χ1n) is 13.7. The fourth-order valence-corrected chi connectivity index (χ4v) is 11.5. The fourth-order valence-electron chi connectivity index (χ4n) is 6.68. The van der Waals surface area contributed by atoms with Crippen LogP contribution >= 0.6 is 0 Å². The summed E-state index contributed by atoms with van der Waals surface area (Å²) in [6.07, 6.45) is 0. The van der Waals surface area contributed by atoms with Gasteiger partial charge in [-0.05, 0) is 55.9 Å². The molecule has 6 aromatic carbocycles. The molecule has 0 radical (unpaired) electrons. The van der Waals surface area contributed by atoms with Crippen LogP contribution in [0.1, 0.15) is 0 Å². The average Bonchev–Trinajstić information content (AvgIpc) is 3.03. The largest absolute Gasteiger partial charge is 0.458 e. The van der Waals surface area contributed by atoms with E-state index in [1.165, 1.54) is 31.7 Å². The maximum Gasteiger partial charge on any atom is 0.260 e. The third-order valence-electron chi connectivity index (χ3n) is 8.36. The predicted molar refractivity (Wildman–Crippen MR) is 168 cm³/mol. The molecule has 188 valence electrons. The highest BCUT2D eigenvalue weighted by atomic mass is 28.3. The lowest BCUT2D eigenvalue weighted by atomic mass is 9.35. The second kappa shape index (κ2) is 9.15. The van der Waals surface area contributed by atoms with Gasteiger partial charge in [-0.1, -0.05) is 127 Å². The summed E-state index contributed by atoms with van der Waals surface area (Å²) in [5.74, 6) is 3.56. The molecule has 0 aliphatic carbocycles. The van der Waals surface area contributed by atoms with E-state index in [0.717, 1.165) is 28.5 Å². The highest BCUT2D eigenvalue weighted by Crippen LogP contribution is 2.33. The molecule has 0 bridgehead atoms. The average molecular weight is 528 g/mol. The molecule has 6 aromatic rings. The lowest BCUT2D eigenvalue weighted by Crippen LogP contribution is -2.75. The molecular formula is C36H25BO2Si. The van der Waals surface area contributed by atoms with E-state index >= 15 is 0 Å². The maximum atomic E-state index is 6.56. The van der Waals surface area contributed by atoms with Crippen LogP contribution in [-0.2, 0) is 0 Å². The summed E-state index contributed by atoms with van der Waals surface area (Å²) in [5, 5.41) is 5.41. The minimum absolute atomic E-state index is 0.0360. The summed E-state index contributed by atoms with van der Waals surface area (Å²) in [5.41, 5.74) is 3.47. The van der Waals surface area contributed by atoms with E-state index < -0.39 is 8.07 Å². The lowest BCUT2D eigenvalue weighted by Gasteiger charge is -2.37. The summed E-state index contributed by atoms with van der Waals surface area (Å²) >= 11 is 0. The van der Waals surface area contributed by atoms with E-state index in [9.17, 15) is 0 Å². The van der Waals surface area contributed by atoms with Crippen molar-refractivity contribution in [2.75, 3.05) is 0 Å². The van der Waals surface area contributed by atoms with E-state index in [2.05, 4.69) is 140 Å². The van der Waals surface area contributed by atoms with Crippen LogP contribution in [0.4, 0.5) is 0 Å². The van der Waals surface area contributed by atoms with Gasteiger partial charge >= 0.3 is 0 Å². The highest BCUT2D eigenvalue weighted by molar-refractivity contribution is 7.20. The van der Waals surface area contributed by atoms with Crippen LogP contribution in [0.3, 0.4) is 0 Å². The van der Waals surface area contributed by atoms with Crippen molar-refractivity contribution in [2.24, 2.45) is 0 Å². The first-order valence-corrected chi connectivity index (χ1v) is 15.7. The highest BCUT2D eigenvalue weighted by Gasteiger charge is 2.44. The minimum atomic E-state index is -2.67. The van der Waals surface area contributed by atoms with Gasteiger partial charge in [-0.25, -0.2) is 0 Å². The van der Waals surface area contributed by atoms with Crippen LogP contribution in [-0.4, -0.2) is 14.8 Å². The topological polar surface area (TPSA) is 18.5 Å². The van der Waals surface area contributed by atoms with Crippen molar-refractivity contribution in [3.8, 4) is 23.0 Å². The SMILES string of the molecule is c1ccc([Si](c2ccccc2)(c2ccccc2)c2ccc3c(c2)B2c4ccccc4Oc4cccc(c42)O3)cc1. The Labute approximate surface area is 235 Å². The summed E-state index contributed by atoms with van der Waals surface area (Å²) in [6.45, 7) is 0.0360. The molecule has 8 rings (SSSR count). The Balaban J connectivity index is 1.44. The molecule has 0 saturated carbocycles. The standard InChI is InChI=1S/C36H25BO2Si/c1-4-13-26(14-5-1)40(27-15-6-2-7-16-27,28-17-8-3-9-18-28)29-23-24-33-31(25-29)37-30-19-10-11-20-32(30)38-34-21-12-22-35(39-33)36(34)37/h1-25H. The van der Waals surface area contributed by atoms with Gasteiger partial charge in [-0.15, -0.1) is 0 Å². The van der Waals surface area contributed by atoms with E-state index in [1.807, 2.05) is 12.1 Å². The first-order chi connectivity index (χ1) is 19.8. The molecule has 0 unspecified atom stereocenters. The molecule has 0 amide bonds. The Morgan fingerprint density at radius 1 is 0.375 bits per heavy atom. The molecule has 2 aliphatic heterocycles. The molecule has 0 aromatic heterocycles. The zero-order chi connectivity index (χ0) is 26.5. The molecule has 40 heavy (non-hydrogen) atoms. The number of para-hydroxylation sites is 1. The van der Waals surface area contributed by atoms with Gasteiger partial charge in [0.05, 0.1) is 0 Å². The molecule has 2 nitrogen and oxygen atoms in total. The minimum Gasteiger partial charge on any atom is -0.458 e. The van der Waals surface area contributed by atoms with Crippen LogP contribution in [0.15, 0.2) is 152 Å². The van der Waals surface area contributed by atoms with Crippen molar-refractivity contribution in [2.45, 2.75) is 0 Å². The second-order valence-electron chi connectivity index (χ2n) is 10.4. The van der Waals surface area contributed by atoms with Gasteiger partial charge in [0, 0.05) is 5.46 Å². The first kappa shape index (κ1) is 23.1. The maximum absolute atomic E-state index is 6.56. The molecular weight excluding hydrogens is 503 g/mol. The van der Waals surface area contributed by atoms with Gasteiger partial charge in [0.15, 0.2) is 8.07 Å². The van der Waals surface area contributed by atoms with E-state index in [-0.39, 0.29) is 6.71 Å². The van der Waals surface area contributed by atoms with E-state index in [0.29, 0.717) is 0 Å². The summed E-state index contributed by atoms with van der Waals surface area (Å²) < 4.78 is 12.9. The number of benzene rings is 6. The Hall–Kier alpha value is -4.80. The van der Waals surface area contributed by atoms with Gasteiger partial charge < -0.3 is 9.47 Å². The van der Waals surface area contributed by atoms with Crippen LogP contribution in [0.25, 0.3) is 0 Å². The van der Waals surface area contributed by atoms with Crippen molar-refractivity contribution in [3.63, 3.8) is 0 Å². The summed E-state index contributed by atoms with van der Waals surface area (Å²) in [4.78, 5) is 0. The second-order valence-corrected chi connectivity index (χ2v) is 14.3. The fraction of sp³-hybridized carbons (Fsp3) is 0. The monoisotopic (exact) mass is 528 g/mol. The van der Waals surface area contributed by atoms with Gasteiger partial charge in [-0.3, -0.25) is 0 Å². The van der Waals surface area contributed by atoms with Crippen molar-refractivity contribution in [1.29, 1.82) is 0 Å². The van der Waals surface area contributed by atoms with Gasteiger partial charge in [0.1, 0.15) is 23.0 Å². The number of ether oxygens (including phenoxy) is 2. The van der Waals surface area contributed by atoms with Crippen LogP contribution < -0.4 is 46.6 Å². The summed E-state index contributed by atoms with van der Waals surface area (Å²) in [6, 6.07) is 54.6. The predicted octanol–water partition coefficient (Wildman–Crippen LogP) is 3.79. The molecule has 4 heteroatoms.